The number of aromatic amines is 1. The monoisotopic (exact) mass is 165 g/mol. The first-order chi connectivity index (χ1) is 3.97. The summed E-state index contributed by atoms with van der Waals surface area (Å²) < 4.78 is 0. The molecular formula is C7H8CoN-. The Hall–Kier alpha value is -0.214. The number of fused-ring (bicyclic) bond motifs is 1. The average molecular weight is 165 g/mol. The second kappa shape index (κ2) is 2.58. The summed E-state index contributed by atoms with van der Waals surface area (Å²) in [5.41, 5.74) is 2.88. The standard InChI is InChI=1S/C7H8N.Co/c1-2-6-4-8-5-7(6)3-1;/h4,8H,1-3H2;/q-1;. The minimum absolute atomic E-state index is 0. The summed E-state index contributed by atoms with van der Waals surface area (Å²) >= 11 is 0. The quantitative estimate of drug-likeness (QED) is 0.557. The van der Waals surface area contributed by atoms with Crippen LogP contribution in [0.15, 0.2) is 6.20 Å². The first kappa shape index (κ1) is 6.90. The van der Waals surface area contributed by atoms with E-state index >= 15 is 0 Å². The van der Waals surface area contributed by atoms with Gasteiger partial charge in [-0.2, -0.15) is 11.1 Å². The Morgan fingerprint density at radius 2 is 2.33 bits per heavy atom. The molecule has 1 aromatic rings. The van der Waals surface area contributed by atoms with Crippen molar-refractivity contribution in [3.63, 3.8) is 0 Å². The molecule has 1 aliphatic carbocycles. The van der Waals surface area contributed by atoms with E-state index in [9.17, 15) is 0 Å². The third-order valence-corrected chi connectivity index (χ3v) is 1.73. The zero-order valence-corrected chi connectivity index (χ0v) is 6.07. The molecule has 0 amide bonds. The van der Waals surface area contributed by atoms with Gasteiger partial charge in [0.25, 0.3) is 0 Å². The third kappa shape index (κ3) is 1.05. The van der Waals surface area contributed by atoms with E-state index in [1.807, 2.05) is 0 Å². The molecule has 1 radical (unpaired) electrons. The first-order valence-electron chi connectivity index (χ1n) is 3.03. The van der Waals surface area contributed by atoms with E-state index in [0.717, 1.165) is 0 Å². The molecule has 0 atom stereocenters. The van der Waals surface area contributed by atoms with E-state index in [4.69, 9.17) is 0 Å². The molecule has 51 valence electrons. The first-order valence-corrected chi connectivity index (χ1v) is 3.03. The van der Waals surface area contributed by atoms with Gasteiger partial charge in [0.2, 0.25) is 0 Å². The number of aromatic nitrogens is 1. The van der Waals surface area contributed by atoms with Crippen molar-refractivity contribution in [1.82, 2.24) is 4.98 Å². The molecule has 1 N–H and O–H groups in total. The molecule has 1 heterocycles. The molecule has 0 saturated carbocycles. The maximum Gasteiger partial charge on any atom is 0 e. The van der Waals surface area contributed by atoms with Crippen molar-refractivity contribution in [2.45, 2.75) is 19.3 Å². The van der Waals surface area contributed by atoms with E-state index in [0.29, 0.717) is 0 Å². The van der Waals surface area contributed by atoms with Crippen LogP contribution in [-0.4, -0.2) is 4.98 Å². The molecule has 9 heavy (non-hydrogen) atoms. The molecule has 0 spiro atoms. The van der Waals surface area contributed by atoms with Crippen LogP contribution in [-0.2, 0) is 29.6 Å². The van der Waals surface area contributed by atoms with Crippen LogP contribution in [0, 0.1) is 6.20 Å². The Morgan fingerprint density at radius 1 is 1.44 bits per heavy atom. The fraction of sp³-hybridized carbons (Fsp3) is 0.429. The van der Waals surface area contributed by atoms with Gasteiger partial charge < -0.3 is 4.98 Å². The van der Waals surface area contributed by atoms with E-state index in [1.54, 1.807) is 0 Å². The topological polar surface area (TPSA) is 15.8 Å². The minimum Gasteiger partial charge on any atom is -0.484 e. The van der Waals surface area contributed by atoms with Crippen LogP contribution in [0.1, 0.15) is 17.5 Å². The summed E-state index contributed by atoms with van der Waals surface area (Å²) in [6.45, 7) is 0. The Labute approximate surface area is 65.0 Å². The average Bonchev–Trinajstić information content (AvgIpc) is 2.15. The summed E-state index contributed by atoms with van der Waals surface area (Å²) in [6.07, 6.45) is 8.97. The van der Waals surface area contributed by atoms with Crippen LogP contribution in [0.4, 0.5) is 0 Å². The molecule has 0 aromatic carbocycles. The van der Waals surface area contributed by atoms with Crippen molar-refractivity contribution >= 4 is 0 Å². The second-order valence-electron chi connectivity index (χ2n) is 2.27. The number of aryl methyl sites for hydroxylation is 2. The summed E-state index contributed by atoms with van der Waals surface area (Å²) in [5, 5.41) is 0. The third-order valence-electron chi connectivity index (χ3n) is 1.73. The number of nitrogens with one attached hydrogen (secondary N) is 1. The van der Waals surface area contributed by atoms with Gasteiger partial charge in [0.15, 0.2) is 0 Å². The predicted molar refractivity (Wildman–Crippen MR) is 31.7 cm³/mol. The van der Waals surface area contributed by atoms with Crippen molar-refractivity contribution in [3.05, 3.63) is 23.5 Å². The fourth-order valence-corrected chi connectivity index (χ4v) is 1.28. The number of hydrogen-bond donors (Lipinski definition) is 1. The van der Waals surface area contributed by atoms with Crippen LogP contribution in [0.25, 0.3) is 0 Å². The zero-order valence-electron chi connectivity index (χ0n) is 5.03. The molecule has 1 aromatic heterocycles. The van der Waals surface area contributed by atoms with Crippen LogP contribution in [0.5, 0.6) is 0 Å². The molecule has 1 aliphatic rings. The van der Waals surface area contributed by atoms with E-state index in [2.05, 4.69) is 17.4 Å². The predicted octanol–water partition coefficient (Wildman–Crippen LogP) is 1.30. The fourth-order valence-electron chi connectivity index (χ4n) is 1.28. The van der Waals surface area contributed by atoms with Gasteiger partial charge in [-0.3, -0.25) is 0 Å². The smallest absolute Gasteiger partial charge is 0 e. The van der Waals surface area contributed by atoms with Crippen LogP contribution in [0.2, 0.25) is 0 Å². The normalized spacial score (nSPS) is 14.7. The number of H-pyrrole nitrogens is 1. The Bertz CT molecular complexity index is 174. The molecule has 2 rings (SSSR count). The summed E-state index contributed by atoms with van der Waals surface area (Å²) in [4.78, 5) is 2.98. The van der Waals surface area contributed by atoms with Gasteiger partial charge in [-0.25, -0.2) is 0 Å². The molecule has 0 aliphatic heterocycles. The van der Waals surface area contributed by atoms with Crippen LogP contribution in [0.3, 0.4) is 0 Å². The Balaban J connectivity index is 0.000000405. The van der Waals surface area contributed by atoms with Gasteiger partial charge in [0.1, 0.15) is 0 Å². The van der Waals surface area contributed by atoms with Crippen molar-refractivity contribution < 1.29 is 16.8 Å². The molecule has 0 saturated heterocycles. The van der Waals surface area contributed by atoms with Gasteiger partial charge in [0.05, 0.1) is 0 Å². The van der Waals surface area contributed by atoms with Gasteiger partial charge in [-0.05, 0) is 0 Å². The minimum atomic E-state index is 0. The van der Waals surface area contributed by atoms with Gasteiger partial charge in [-0.15, -0.1) is 12.4 Å². The van der Waals surface area contributed by atoms with Crippen molar-refractivity contribution in [1.29, 1.82) is 0 Å². The Morgan fingerprint density at radius 3 is 3.11 bits per heavy atom. The molecule has 0 bridgehead atoms. The molecule has 1 nitrogen and oxygen atoms in total. The second-order valence-corrected chi connectivity index (χ2v) is 2.27. The summed E-state index contributed by atoms with van der Waals surface area (Å²) in [5.74, 6) is 0. The molecule has 0 unspecified atom stereocenters. The van der Waals surface area contributed by atoms with Gasteiger partial charge >= 0.3 is 0 Å². The van der Waals surface area contributed by atoms with Crippen molar-refractivity contribution in [2.24, 2.45) is 0 Å². The van der Waals surface area contributed by atoms with Gasteiger partial charge in [-0.1, -0.05) is 19.3 Å². The summed E-state index contributed by atoms with van der Waals surface area (Å²) in [7, 11) is 0. The van der Waals surface area contributed by atoms with Gasteiger partial charge in [0, 0.05) is 16.8 Å². The number of hydrogen-bond acceptors (Lipinski definition) is 0. The van der Waals surface area contributed by atoms with Crippen molar-refractivity contribution in [2.75, 3.05) is 0 Å². The molecule has 0 fully saturated rings. The van der Waals surface area contributed by atoms with E-state index < -0.39 is 0 Å². The largest absolute Gasteiger partial charge is 0.484 e. The van der Waals surface area contributed by atoms with Crippen LogP contribution >= 0.6 is 0 Å². The van der Waals surface area contributed by atoms with Crippen molar-refractivity contribution in [3.8, 4) is 0 Å². The molecular weight excluding hydrogens is 157 g/mol. The maximum atomic E-state index is 3.09. The SMILES string of the molecule is [Co].[c-]1[nH]cc2c1CCC2. The number of rotatable bonds is 0. The Kier molecular flexibility index (Phi) is 1.98. The van der Waals surface area contributed by atoms with Crippen LogP contribution < -0.4 is 0 Å². The summed E-state index contributed by atoms with van der Waals surface area (Å²) in [6, 6.07) is 0. The van der Waals surface area contributed by atoms with E-state index in [-0.39, 0.29) is 16.8 Å². The zero-order chi connectivity index (χ0) is 5.40. The van der Waals surface area contributed by atoms with E-state index in [1.165, 1.54) is 30.4 Å². The molecule has 2 heteroatoms. The maximum absolute atomic E-state index is 3.09.